The van der Waals surface area contributed by atoms with Crippen LogP contribution in [-0.4, -0.2) is 10.9 Å². The number of carbonyl (C=O) groups excluding carboxylic acids is 1. The zero-order valence-corrected chi connectivity index (χ0v) is 9.67. The van der Waals surface area contributed by atoms with Crippen LogP contribution in [0.2, 0.25) is 0 Å². The van der Waals surface area contributed by atoms with Crippen molar-refractivity contribution in [3.05, 3.63) is 33.0 Å². The quantitative estimate of drug-likeness (QED) is 0.851. The van der Waals surface area contributed by atoms with Crippen LogP contribution in [0.4, 0.5) is 0 Å². The molecule has 68 valence electrons. The third-order valence-electron chi connectivity index (χ3n) is 1.30. The lowest BCUT2D eigenvalue weighted by Crippen LogP contribution is -2.05. The van der Waals surface area contributed by atoms with Gasteiger partial charge in [0, 0.05) is 33.0 Å². The Kier molecular flexibility index (Phi) is 3.62. The number of carbonyl (C=O) groups is 1. The number of hydrogen-bond acceptors (Lipinski definition) is 2. The van der Waals surface area contributed by atoms with Crippen LogP contribution < -0.4 is 5.73 Å². The number of rotatable bonds is 2. The van der Waals surface area contributed by atoms with Crippen LogP contribution in [0, 0.1) is 0 Å². The summed E-state index contributed by atoms with van der Waals surface area (Å²) in [4.78, 5) is 14.4. The zero-order chi connectivity index (χ0) is 9.84. The van der Waals surface area contributed by atoms with Gasteiger partial charge in [0.2, 0.25) is 5.91 Å². The smallest absolute Gasteiger partial charge is 0.241 e. The van der Waals surface area contributed by atoms with Crippen molar-refractivity contribution >= 4 is 43.8 Å². The third kappa shape index (κ3) is 2.93. The number of nitrogens with zero attached hydrogens (tertiary/aromatic N) is 1. The number of pyridine rings is 1. The van der Waals surface area contributed by atoms with E-state index >= 15 is 0 Å². The Balaban J connectivity index is 3.06. The Morgan fingerprint density at radius 1 is 1.38 bits per heavy atom. The molecule has 0 bridgehead atoms. The first-order valence-corrected chi connectivity index (χ1v) is 4.96. The lowest BCUT2D eigenvalue weighted by Gasteiger charge is -1.99. The number of aromatic nitrogens is 1. The molecule has 0 aliphatic rings. The standard InChI is InChI=1S/C8H6Br2N2O/c9-6-3-12-4-7(10)5(6)1-2-8(11)13/h1-4H,(H2,11,13). The van der Waals surface area contributed by atoms with Gasteiger partial charge in [0.05, 0.1) is 0 Å². The fourth-order valence-corrected chi connectivity index (χ4v) is 1.94. The Morgan fingerprint density at radius 2 is 1.92 bits per heavy atom. The third-order valence-corrected chi connectivity index (χ3v) is 2.57. The molecule has 0 aromatic carbocycles. The summed E-state index contributed by atoms with van der Waals surface area (Å²) in [6.45, 7) is 0. The van der Waals surface area contributed by atoms with E-state index in [1.165, 1.54) is 6.08 Å². The summed E-state index contributed by atoms with van der Waals surface area (Å²) < 4.78 is 1.61. The molecule has 1 amide bonds. The van der Waals surface area contributed by atoms with Gasteiger partial charge in [-0.15, -0.1) is 0 Å². The van der Waals surface area contributed by atoms with Gasteiger partial charge in [-0.05, 0) is 37.9 Å². The molecule has 2 N–H and O–H groups in total. The Hall–Kier alpha value is -0.680. The van der Waals surface area contributed by atoms with Gasteiger partial charge in [0.15, 0.2) is 0 Å². The highest BCUT2D eigenvalue weighted by molar-refractivity contribution is 9.11. The zero-order valence-electron chi connectivity index (χ0n) is 6.50. The highest BCUT2D eigenvalue weighted by atomic mass is 79.9. The molecule has 0 aliphatic heterocycles. The number of hydrogen-bond donors (Lipinski definition) is 1. The first-order chi connectivity index (χ1) is 6.11. The Labute approximate surface area is 92.3 Å². The summed E-state index contributed by atoms with van der Waals surface area (Å²) in [5.74, 6) is -0.476. The summed E-state index contributed by atoms with van der Waals surface area (Å²) in [7, 11) is 0. The second kappa shape index (κ2) is 4.53. The molecule has 0 saturated carbocycles. The van der Waals surface area contributed by atoms with Crippen molar-refractivity contribution < 1.29 is 4.79 Å². The average molecular weight is 306 g/mol. The molecule has 1 aromatic rings. The van der Waals surface area contributed by atoms with Crippen LogP contribution in [0.15, 0.2) is 27.4 Å². The van der Waals surface area contributed by atoms with E-state index in [-0.39, 0.29) is 0 Å². The molecular formula is C8H6Br2N2O. The summed E-state index contributed by atoms with van der Waals surface area (Å²) in [5, 5.41) is 0. The van der Waals surface area contributed by atoms with Crippen molar-refractivity contribution in [2.75, 3.05) is 0 Å². The average Bonchev–Trinajstić information content (AvgIpc) is 2.03. The summed E-state index contributed by atoms with van der Waals surface area (Å²) >= 11 is 6.60. The maximum absolute atomic E-state index is 10.5. The first kappa shape index (κ1) is 10.4. The van der Waals surface area contributed by atoms with Crippen molar-refractivity contribution in [1.29, 1.82) is 0 Å². The van der Waals surface area contributed by atoms with Gasteiger partial charge in [-0.2, -0.15) is 0 Å². The van der Waals surface area contributed by atoms with E-state index in [2.05, 4.69) is 36.8 Å². The normalized spacial score (nSPS) is 10.6. The number of amides is 1. The van der Waals surface area contributed by atoms with E-state index in [4.69, 9.17) is 5.73 Å². The summed E-state index contributed by atoms with van der Waals surface area (Å²) in [6, 6.07) is 0. The van der Waals surface area contributed by atoms with Crippen molar-refractivity contribution in [3.8, 4) is 0 Å². The number of halogens is 2. The monoisotopic (exact) mass is 304 g/mol. The fraction of sp³-hybridized carbons (Fsp3) is 0. The molecule has 0 aliphatic carbocycles. The molecule has 13 heavy (non-hydrogen) atoms. The molecule has 0 saturated heterocycles. The minimum Gasteiger partial charge on any atom is -0.366 e. The maximum Gasteiger partial charge on any atom is 0.241 e. The molecule has 5 heteroatoms. The van der Waals surface area contributed by atoms with Crippen LogP contribution >= 0.6 is 31.9 Å². The first-order valence-electron chi connectivity index (χ1n) is 3.38. The summed E-state index contributed by atoms with van der Waals surface area (Å²) in [5.41, 5.74) is 5.81. The molecule has 1 heterocycles. The molecule has 1 aromatic heterocycles. The van der Waals surface area contributed by atoms with Crippen LogP contribution in [0.5, 0.6) is 0 Å². The Bertz CT molecular complexity index is 343. The lowest BCUT2D eigenvalue weighted by atomic mass is 10.2. The highest BCUT2D eigenvalue weighted by Crippen LogP contribution is 2.24. The molecule has 0 atom stereocenters. The molecule has 3 nitrogen and oxygen atoms in total. The minimum atomic E-state index is -0.476. The van der Waals surface area contributed by atoms with Crippen molar-refractivity contribution in [2.45, 2.75) is 0 Å². The van der Waals surface area contributed by atoms with E-state index in [1.807, 2.05) is 0 Å². The van der Waals surface area contributed by atoms with Crippen LogP contribution in [0.25, 0.3) is 6.08 Å². The lowest BCUT2D eigenvalue weighted by molar-refractivity contribution is -0.113. The topological polar surface area (TPSA) is 56.0 Å². The van der Waals surface area contributed by atoms with E-state index in [1.54, 1.807) is 18.5 Å². The van der Waals surface area contributed by atoms with E-state index in [9.17, 15) is 4.79 Å². The molecule has 0 unspecified atom stereocenters. The van der Waals surface area contributed by atoms with Gasteiger partial charge in [0.25, 0.3) is 0 Å². The van der Waals surface area contributed by atoms with Crippen LogP contribution in [-0.2, 0) is 4.79 Å². The van der Waals surface area contributed by atoms with Gasteiger partial charge >= 0.3 is 0 Å². The molecular weight excluding hydrogens is 300 g/mol. The van der Waals surface area contributed by atoms with E-state index < -0.39 is 5.91 Å². The fourth-order valence-electron chi connectivity index (χ4n) is 0.746. The largest absolute Gasteiger partial charge is 0.366 e. The number of primary amides is 1. The SMILES string of the molecule is NC(=O)C=Cc1c(Br)cncc1Br. The van der Waals surface area contributed by atoms with Gasteiger partial charge in [-0.25, -0.2) is 0 Å². The molecule has 0 radical (unpaired) electrons. The predicted molar refractivity (Wildman–Crippen MR) is 57.9 cm³/mol. The minimum absolute atomic E-state index is 0.476. The molecule has 0 spiro atoms. The van der Waals surface area contributed by atoms with Gasteiger partial charge in [-0.1, -0.05) is 0 Å². The molecule has 0 fully saturated rings. The van der Waals surface area contributed by atoms with Crippen LogP contribution in [0.3, 0.4) is 0 Å². The van der Waals surface area contributed by atoms with Gasteiger partial charge in [-0.3, -0.25) is 9.78 Å². The van der Waals surface area contributed by atoms with Gasteiger partial charge < -0.3 is 5.73 Å². The summed E-state index contributed by atoms with van der Waals surface area (Å²) in [6.07, 6.45) is 6.21. The second-order valence-corrected chi connectivity index (χ2v) is 3.96. The highest BCUT2D eigenvalue weighted by Gasteiger charge is 2.01. The predicted octanol–water partition coefficient (Wildman–Crippen LogP) is 2.11. The Morgan fingerprint density at radius 3 is 2.38 bits per heavy atom. The van der Waals surface area contributed by atoms with Crippen molar-refractivity contribution in [2.24, 2.45) is 5.73 Å². The molecule has 1 rings (SSSR count). The number of nitrogens with two attached hydrogens (primary N) is 1. The second-order valence-electron chi connectivity index (χ2n) is 2.25. The van der Waals surface area contributed by atoms with E-state index in [0.29, 0.717) is 0 Å². The van der Waals surface area contributed by atoms with Crippen molar-refractivity contribution in [1.82, 2.24) is 4.98 Å². The maximum atomic E-state index is 10.5. The van der Waals surface area contributed by atoms with E-state index in [0.717, 1.165) is 14.5 Å². The van der Waals surface area contributed by atoms with Gasteiger partial charge in [0.1, 0.15) is 0 Å². The van der Waals surface area contributed by atoms with Crippen molar-refractivity contribution in [3.63, 3.8) is 0 Å². The van der Waals surface area contributed by atoms with Crippen LogP contribution in [0.1, 0.15) is 5.56 Å².